The molecule has 0 saturated heterocycles. The zero-order valence-corrected chi connectivity index (χ0v) is 11.4. The summed E-state index contributed by atoms with van der Waals surface area (Å²) in [5, 5.41) is 1.22. The fraction of sp³-hybridized carbons (Fsp3) is 0.353. The molecule has 2 aromatic rings. The van der Waals surface area contributed by atoms with Crippen LogP contribution in [0.2, 0.25) is 0 Å². The largest absolute Gasteiger partial charge is 0.319 e. The van der Waals surface area contributed by atoms with E-state index in [4.69, 9.17) is 10.7 Å². The van der Waals surface area contributed by atoms with Crippen LogP contribution in [0.25, 0.3) is 10.9 Å². The first-order valence-corrected chi connectivity index (χ1v) is 7.06. The molecule has 2 nitrogen and oxygen atoms in total. The van der Waals surface area contributed by atoms with Crippen molar-refractivity contribution >= 4 is 10.9 Å². The van der Waals surface area contributed by atoms with Gasteiger partial charge < -0.3 is 5.73 Å². The summed E-state index contributed by atoms with van der Waals surface area (Å²) in [5.41, 5.74) is 11.1. The molecule has 0 spiro atoms. The van der Waals surface area contributed by atoms with Gasteiger partial charge in [0, 0.05) is 5.39 Å². The van der Waals surface area contributed by atoms with Crippen LogP contribution in [0.3, 0.4) is 0 Å². The van der Waals surface area contributed by atoms with E-state index in [9.17, 15) is 0 Å². The molecule has 1 atom stereocenters. The predicted octanol–water partition coefficient (Wildman–Crippen LogP) is 4.04. The highest BCUT2D eigenvalue weighted by Gasteiger charge is 2.16. The molecular weight excluding hydrogens is 232 g/mol. The molecule has 0 bridgehead atoms. The minimum Gasteiger partial charge on any atom is -0.319 e. The van der Waals surface area contributed by atoms with Gasteiger partial charge in [0.05, 0.1) is 17.3 Å². The highest BCUT2D eigenvalue weighted by molar-refractivity contribution is 5.82. The van der Waals surface area contributed by atoms with Crippen LogP contribution in [0.15, 0.2) is 42.0 Å². The summed E-state index contributed by atoms with van der Waals surface area (Å²) in [6.07, 6.45) is 7.14. The molecule has 3 rings (SSSR count). The van der Waals surface area contributed by atoms with Crippen LogP contribution in [0.4, 0.5) is 0 Å². The van der Waals surface area contributed by atoms with Crippen molar-refractivity contribution in [2.45, 2.75) is 38.6 Å². The number of hydrogen-bond donors (Lipinski definition) is 1. The summed E-state index contributed by atoms with van der Waals surface area (Å²) in [4.78, 5) is 4.75. The molecule has 98 valence electrons. The van der Waals surface area contributed by atoms with Crippen molar-refractivity contribution in [3.63, 3.8) is 0 Å². The number of para-hydroxylation sites is 1. The maximum absolute atomic E-state index is 6.40. The summed E-state index contributed by atoms with van der Waals surface area (Å²) in [7, 11) is 0. The van der Waals surface area contributed by atoms with Crippen molar-refractivity contribution in [1.29, 1.82) is 0 Å². The van der Waals surface area contributed by atoms with Crippen molar-refractivity contribution in [3.8, 4) is 0 Å². The fourth-order valence-electron chi connectivity index (χ4n) is 2.87. The van der Waals surface area contributed by atoms with Crippen LogP contribution in [-0.4, -0.2) is 4.98 Å². The van der Waals surface area contributed by atoms with Crippen LogP contribution in [0.1, 0.15) is 43.0 Å². The summed E-state index contributed by atoms with van der Waals surface area (Å²) in [6.45, 7) is 2.13. The molecule has 0 fully saturated rings. The lowest BCUT2D eigenvalue weighted by molar-refractivity contribution is 0.642. The van der Waals surface area contributed by atoms with Gasteiger partial charge in [-0.15, -0.1) is 0 Å². The van der Waals surface area contributed by atoms with Gasteiger partial charge in [-0.05, 0) is 50.3 Å². The number of pyridine rings is 1. The first kappa shape index (κ1) is 12.4. The Kier molecular flexibility index (Phi) is 3.34. The molecule has 0 aliphatic heterocycles. The molecule has 0 radical (unpaired) electrons. The maximum Gasteiger partial charge on any atom is 0.0708 e. The van der Waals surface area contributed by atoms with Crippen LogP contribution < -0.4 is 5.73 Å². The van der Waals surface area contributed by atoms with Crippen LogP contribution >= 0.6 is 0 Å². The molecule has 1 aliphatic rings. The van der Waals surface area contributed by atoms with Gasteiger partial charge in [-0.3, -0.25) is 4.98 Å². The van der Waals surface area contributed by atoms with Crippen molar-refractivity contribution < 1.29 is 0 Å². The van der Waals surface area contributed by atoms with E-state index >= 15 is 0 Å². The van der Waals surface area contributed by atoms with E-state index in [1.807, 2.05) is 6.07 Å². The van der Waals surface area contributed by atoms with Crippen molar-refractivity contribution in [2.75, 3.05) is 0 Å². The van der Waals surface area contributed by atoms with Crippen molar-refractivity contribution in [2.24, 2.45) is 5.73 Å². The minimum atomic E-state index is -0.0383. The Balaban J connectivity index is 2.03. The Bertz CT molecular complexity index is 628. The zero-order valence-electron chi connectivity index (χ0n) is 11.4. The summed E-state index contributed by atoms with van der Waals surface area (Å²) < 4.78 is 0. The second-order valence-corrected chi connectivity index (χ2v) is 5.38. The van der Waals surface area contributed by atoms with Gasteiger partial charge in [0.2, 0.25) is 0 Å². The Morgan fingerprint density at radius 1 is 1.21 bits per heavy atom. The lowest BCUT2D eigenvalue weighted by Crippen LogP contribution is -2.16. The quantitative estimate of drug-likeness (QED) is 0.819. The van der Waals surface area contributed by atoms with E-state index in [-0.39, 0.29) is 6.04 Å². The van der Waals surface area contributed by atoms with E-state index in [2.05, 4.69) is 37.3 Å². The van der Waals surface area contributed by atoms with Crippen LogP contribution in [-0.2, 0) is 0 Å². The second-order valence-electron chi connectivity index (χ2n) is 5.38. The lowest BCUT2D eigenvalue weighted by Gasteiger charge is -2.20. The normalized spacial score (nSPS) is 17.3. The number of allylic oxidation sites excluding steroid dienone is 1. The predicted molar refractivity (Wildman–Crippen MR) is 80.0 cm³/mol. The van der Waals surface area contributed by atoms with E-state index in [0.717, 1.165) is 24.1 Å². The number of aromatic nitrogens is 1. The number of aryl methyl sites for hydroxylation is 1. The molecule has 2 heteroatoms. The van der Waals surface area contributed by atoms with Gasteiger partial charge in [0.25, 0.3) is 0 Å². The molecule has 1 heterocycles. The smallest absolute Gasteiger partial charge is 0.0708 e. The Labute approximate surface area is 114 Å². The topological polar surface area (TPSA) is 38.9 Å². The number of hydrogen-bond acceptors (Lipinski definition) is 2. The first-order valence-electron chi connectivity index (χ1n) is 7.06. The molecule has 1 aromatic carbocycles. The van der Waals surface area contributed by atoms with E-state index in [0.29, 0.717) is 0 Å². The van der Waals surface area contributed by atoms with Gasteiger partial charge in [-0.2, -0.15) is 0 Å². The van der Waals surface area contributed by atoms with Crippen LogP contribution in [0, 0.1) is 6.92 Å². The number of rotatable bonds is 2. The first-order chi connectivity index (χ1) is 9.25. The summed E-state index contributed by atoms with van der Waals surface area (Å²) in [5.74, 6) is 0. The third-order valence-electron chi connectivity index (χ3n) is 3.99. The molecule has 1 unspecified atom stereocenters. The maximum atomic E-state index is 6.40. The molecule has 19 heavy (non-hydrogen) atoms. The summed E-state index contributed by atoms with van der Waals surface area (Å²) >= 11 is 0. The number of benzene rings is 1. The van der Waals surface area contributed by atoms with E-state index in [1.165, 1.54) is 29.4 Å². The molecule has 0 amide bonds. The third-order valence-corrected chi connectivity index (χ3v) is 3.99. The zero-order chi connectivity index (χ0) is 13.2. The molecule has 1 aliphatic carbocycles. The van der Waals surface area contributed by atoms with Gasteiger partial charge in [0.15, 0.2) is 0 Å². The Morgan fingerprint density at radius 2 is 2.05 bits per heavy atom. The fourth-order valence-corrected chi connectivity index (χ4v) is 2.87. The Hall–Kier alpha value is -1.67. The molecule has 2 N–H and O–H groups in total. The number of fused-ring (bicyclic) bond motifs is 1. The summed E-state index contributed by atoms with van der Waals surface area (Å²) in [6, 6.07) is 10.4. The standard InChI is InChI=1S/C17H20N2/c1-12-11-16(17(18)13-7-3-2-4-8-13)19-15-10-6-5-9-14(12)15/h5-7,9-11,17H,2-4,8,18H2,1H3. The molecular formula is C17H20N2. The monoisotopic (exact) mass is 252 g/mol. The highest BCUT2D eigenvalue weighted by atomic mass is 14.8. The number of nitrogens with zero attached hydrogens (tertiary/aromatic N) is 1. The Morgan fingerprint density at radius 3 is 2.84 bits per heavy atom. The number of nitrogens with two attached hydrogens (primary N) is 1. The van der Waals surface area contributed by atoms with Gasteiger partial charge in [-0.1, -0.05) is 29.8 Å². The van der Waals surface area contributed by atoms with Crippen molar-refractivity contribution in [3.05, 3.63) is 53.2 Å². The lowest BCUT2D eigenvalue weighted by atomic mass is 9.92. The molecule has 1 aromatic heterocycles. The highest BCUT2D eigenvalue weighted by Crippen LogP contribution is 2.29. The third kappa shape index (κ3) is 2.41. The second kappa shape index (κ2) is 5.14. The average molecular weight is 252 g/mol. The van der Waals surface area contributed by atoms with Crippen LogP contribution in [0.5, 0.6) is 0 Å². The average Bonchev–Trinajstić information content (AvgIpc) is 2.47. The van der Waals surface area contributed by atoms with Gasteiger partial charge in [-0.25, -0.2) is 0 Å². The molecule has 0 saturated carbocycles. The van der Waals surface area contributed by atoms with E-state index in [1.54, 1.807) is 0 Å². The van der Waals surface area contributed by atoms with Crippen molar-refractivity contribution in [1.82, 2.24) is 4.98 Å². The van der Waals surface area contributed by atoms with Gasteiger partial charge in [0.1, 0.15) is 0 Å². The minimum absolute atomic E-state index is 0.0383. The van der Waals surface area contributed by atoms with E-state index < -0.39 is 0 Å². The SMILES string of the molecule is Cc1cc(C(N)C2=CCCCC2)nc2ccccc12. The van der Waals surface area contributed by atoms with Gasteiger partial charge >= 0.3 is 0 Å².